The van der Waals surface area contributed by atoms with Crippen LogP contribution in [0.15, 0.2) is 4.42 Å². The van der Waals surface area contributed by atoms with E-state index in [4.69, 9.17) is 9.15 Å². The van der Waals surface area contributed by atoms with Gasteiger partial charge in [-0.15, -0.1) is 10.2 Å². The second-order valence-electron chi connectivity index (χ2n) is 3.54. The van der Waals surface area contributed by atoms with Crippen LogP contribution in [-0.4, -0.2) is 30.0 Å². The summed E-state index contributed by atoms with van der Waals surface area (Å²) in [7, 11) is 1.85. The first-order valence-electron chi connectivity index (χ1n) is 4.89. The van der Waals surface area contributed by atoms with Crippen LogP contribution in [0.4, 0.5) is 0 Å². The van der Waals surface area contributed by atoms with E-state index in [1.807, 2.05) is 14.0 Å². The van der Waals surface area contributed by atoms with Crippen LogP contribution in [0, 0.1) is 0 Å². The molecule has 0 spiro atoms. The average Bonchev–Trinajstić information content (AvgIpc) is 2.74. The fourth-order valence-corrected chi connectivity index (χ4v) is 1.70. The lowest BCUT2D eigenvalue weighted by molar-refractivity contribution is 0.114. The Morgan fingerprint density at radius 2 is 2.36 bits per heavy atom. The molecular weight excluding hydrogens is 182 g/mol. The van der Waals surface area contributed by atoms with Gasteiger partial charge in [-0.1, -0.05) is 0 Å². The quantitative estimate of drug-likeness (QED) is 0.772. The summed E-state index contributed by atoms with van der Waals surface area (Å²) < 4.78 is 11.0. The highest BCUT2D eigenvalue weighted by atomic mass is 16.5. The van der Waals surface area contributed by atoms with Gasteiger partial charge < -0.3 is 14.5 Å². The Hall–Kier alpha value is -0.940. The summed E-state index contributed by atoms with van der Waals surface area (Å²) in [5.41, 5.74) is 0. The average molecular weight is 197 g/mol. The highest BCUT2D eigenvalue weighted by Gasteiger charge is 2.30. The van der Waals surface area contributed by atoms with Crippen molar-refractivity contribution in [3.05, 3.63) is 11.8 Å². The molecule has 0 aromatic carbocycles. The van der Waals surface area contributed by atoms with Gasteiger partial charge in [-0.3, -0.25) is 0 Å². The molecule has 1 aliphatic heterocycles. The Labute approximate surface area is 82.8 Å². The zero-order valence-electron chi connectivity index (χ0n) is 8.49. The van der Waals surface area contributed by atoms with Gasteiger partial charge >= 0.3 is 0 Å². The number of nitrogens with one attached hydrogen (secondary N) is 1. The summed E-state index contributed by atoms with van der Waals surface area (Å²) in [6, 6.07) is 0. The fraction of sp³-hybridized carbons (Fsp3) is 0.778. The standard InChI is InChI=1S/C9H15N3O2/c1-6-7(3-4-13-6)9-12-11-8(14-9)5-10-2/h6-7,10H,3-5H2,1-2H3. The van der Waals surface area contributed by atoms with Crippen molar-refractivity contribution in [2.75, 3.05) is 13.7 Å². The molecule has 5 nitrogen and oxygen atoms in total. The number of hydrogen-bond acceptors (Lipinski definition) is 5. The maximum absolute atomic E-state index is 5.51. The maximum Gasteiger partial charge on any atom is 0.230 e. The highest BCUT2D eigenvalue weighted by molar-refractivity contribution is 4.97. The molecule has 2 heterocycles. The van der Waals surface area contributed by atoms with E-state index in [9.17, 15) is 0 Å². The number of ether oxygens (including phenoxy) is 1. The predicted octanol–water partition coefficient (Wildman–Crippen LogP) is 0.681. The van der Waals surface area contributed by atoms with Gasteiger partial charge in [0.2, 0.25) is 11.8 Å². The highest BCUT2D eigenvalue weighted by Crippen LogP contribution is 2.29. The lowest BCUT2D eigenvalue weighted by atomic mass is 10.0. The molecule has 1 aromatic rings. The van der Waals surface area contributed by atoms with Crippen LogP contribution >= 0.6 is 0 Å². The van der Waals surface area contributed by atoms with Crippen LogP contribution in [0.25, 0.3) is 0 Å². The molecule has 0 saturated carbocycles. The SMILES string of the molecule is CNCc1nnc(C2CCOC2C)o1. The monoisotopic (exact) mass is 197 g/mol. The van der Waals surface area contributed by atoms with E-state index < -0.39 is 0 Å². The molecule has 1 aromatic heterocycles. The summed E-state index contributed by atoms with van der Waals surface area (Å²) in [5, 5.41) is 11.0. The minimum atomic E-state index is 0.192. The van der Waals surface area contributed by atoms with Gasteiger partial charge in [0.1, 0.15) is 0 Å². The van der Waals surface area contributed by atoms with Gasteiger partial charge in [-0.2, -0.15) is 0 Å². The van der Waals surface area contributed by atoms with Crippen molar-refractivity contribution in [3.8, 4) is 0 Å². The lowest BCUT2D eigenvalue weighted by Gasteiger charge is -2.07. The van der Waals surface area contributed by atoms with E-state index in [0.29, 0.717) is 18.3 Å². The molecule has 0 bridgehead atoms. The van der Waals surface area contributed by atoms with Crippen LogP contribution in [0.1, 0.15) is 31.0 Å². The minimum Gasteiger partial charge on any atom is -0.423 e. The summed E-state index contributed by atoms with van der Waals surface area (Å²) in [6.45, 7) is 3.45. The number of hydrogen-bond donors (Lipinski definition) is 1. The van der Waals surface area contributed by atoms with E-state index in [0.717, 1.165) is 13.0 Å². The normalized spacial score (nSPS) is 27.0. The van der Waals surface area contributed by atoms with E-state index in [1.54, 1.807) is 0 Å². The number of aromatic nitrogens is 2. The molecule has 1 saturated heterocycles. The zero-order chi connectivity index (χ0) is 9.97. The topological polar surface area (TPSA) is 60.2 Å². The molecule has 14 heavy (non-hydrogen) atoms. The molecule has 2 atom stereocenters. The van der Waals surface area contributed by atoms with Gasteiger partial charge in [-0.05, 0) is 20.4 Å². The molecule has 2 unspecified atom stereocenters. The Morgan fingerprint density at radius 3 is 3.00 bits per heavy atom. The summed E-state index contributed by atoms with van der Waals surface area (Å²) in [5.74, 6) is 1.62. The van der Waals surface area contributed by atoms with Crippen molar-refractivity contribution in [1.82, 2.24) is 15.5 Å². The Bertz CT molecular complexity index is 300. The summed E-state index contributed by atoms with van der Waals surface area (Å²) >= 11 is 0. The Kier molecular flexibility index (Phi) is 2.79. The molecule has 1 fully saturated rings. The molecule has 1 N–H and O–H groups in total. The first kappa shape index (κ1) is 9.61. The van der Waals surface area contributed by atoms with Gasteiger partial charge in [0.05, 0.1) is 18.6 Å². The third-order valence-corrected chi connectivity index (χ3v) is 2.50. The molecule has 0 aliphatic carbocycles. The molecule has 0 radical (unpaired) electrons. The third kappa shape index (κ3) is 1.78. The van der Waals surface area contributed by atoms with Crippen LogP contribution < -0.4 is 5.32 Å². The number of rotatable bonds is 3. The van der Waals surface area contributed by atoms with Crippen molar-refractivity contribution >= 4 is 0 Å². The van der Waals surface area contributed by atoms with Crippen LogP contribution in [-0.2, 0) is 11.3 Å². The first-order valence-corrected chi connectivity index (χ1v) is 4.89. The zero-order valence-corrected chi connectivity index (χ0v) is 8.49. The van der Waals surface area contributed by atoms with Crippen LogP contribution in [0.2, 0.25) is 0 Å². The van der Waals surface area contributed by atoms with E-state index in [-0.39, 0.29) is 12.0 Å². The minimum absolute atomic E-state index is 0.192. The Balaban J connectivity index is 2.08. The van der Waals surface area contributed by atoms with Crippen molar-refractivity contribution in [3.63, 3.8) is 0 Å². The van der Waals surface area contributed by atoms with Crippen LogP contribution in [0.5, 0.6) is 0 Å². The number of nitrogens with zero attached hydrogens (tertiary/aromatic N) is 2. The fourth-order valence-electron chi connectivity index (χ4n) is 1.70. The second kappa shape index (κ2) is 4.06. The molecule has 0 amide bonds. The molecule has 1 aliphatic rings. The van der Waals surface area contributed by atoms with Gasteiger partial charge in [0.25, 0.3) is 0 Å². The van der Waals surface area contributed by atoms with Crippen LogP contribution in [0.3, 0.4) is 0 Å². The van der Waals surface area contributed by atoms with Crippen molar-refractivity contribution in [2.24, 2.45) is 0 Å². The smallest absolute Gasteiger partial charge is 0.230 e. The van der Waals surface area contributed by atoms with E-state index in [1.165, 1.54) is 0 Å². The maximum atomic E-state index is 5.51. The van der Waals surface area contributed by atoms with Crippen molar-refractivity contribution in [1.29, 1.82) is 0 Å². The molecule has 78 valence electrons. The van der Waals surface area contributed by atoms with Gasteiger partial charge in [0, 0.05) is 6.61 Å². The largest absolute Gasteiger partial charge is 0.423 e. The summed E-state index contributed by atoms with van der Waals surface area (Å²) in [6.07, 6.45) is 1.17. The molecule has 2 rings (SSSR count). The van der Waals surface area contributed by atoms with Gasteiger partial charge in [-0.25, -0.2) is 0 Å². The predicted molar refractivity (Wildman–Crippen MR) is 49.8 cm³/mol. The van der Waals surface area contributed by atoms with Crippen molar-refractivity contribution < 1.29 is 9.15 Å². The van der Waals surface area contributed by atoms with Gasteiger partial charge in [0.15, 0.2) is 0 Å². The molecule has 5 heteroatoms. The second-order valence-corrected chi connectivity index (χ2v) is 3.54. The lowest BCUT2D eigenvalue weighted by Crippen LogP contribution is -2.09. The van der Waals surface area contributed by atoms with E-state index >= 15 is 0 Å². The summed E-state index contributed by atoms with van der Waals surface area (Å²) in [4.78, 5) is 0. The third-order valence-electron chi connectivity index (χ3n) is 2.50. The Morgan fingerprint density at radius 1 is 1.50 bits per heavy atom. The van der Waals surface area contributed by atoms with Crippen molar-refractivity contribution in [2.45, 2.75) is 31.9 Å². The van der Waals surface area contributed by atoms with E-state index in [2.05, 4.69) is 15.5 Å². The first-order chi connectivity index (χ1) is 6.81. The molecular formula is C9H15N3O2.